The molecule has 0 spiro atoms. The highest BCUT2D eigenvalue weighted by Crippen LogP contribution is 2.21. The second-order valence-electron chi connectivity index (χ2n) is 6.24. The zero-order valence-electron chi connectivity index (χ0n) is 14.7. The molecule has 2 heterocycles. The van der Waals surface area contributed by atoms with Gasteiger partial charge in [-0.1, -0.05) is 30.3 Å². The topological polar surface area (TPSA) is 68.9 Å². The standard InChI is InChI=1S/C19H22N4O2/c1-13-12-21-17-15(18(24)23(3)19(25)22(17)2)16(13)20-11-7-10-14-8-5-4-6-9-14/h4-6,8-9,12H,7,10-11H2,1-3H3,(H,20,21). The van der Waals surface area contributed by atoms with Crippen molar-refractivity contribution in [1.29, 1.82) is 0 Å². The first-order valence-corrected chi connectivity index (χ1v) is 8.34. The van der Waals surface area contributed by atoms with E-state index in [2.05, 4.69) is 22.4 Å². The van der Waals surface area contributed by atoms with Crippen molar-refractivity contribution >= 4 is 16.7 Å². The Morgan fingerprint density at radius 1 is 1.08 bits per heavy atom. The second kappa shape index (κ2) is 6.93. The van der Waals surface area contributed by atoms with Crippen molar-refractivity contribution in [1.82, 2.24) is 14.1 Å². The molecular weight excluding hydrogens is 316 g/mol. The molecule has 0 fully saturated rings. The van der Waals surface area contributed by atoms with E-state index in [1.54, 1.807) is 13.2 Å². The van der Waals surface area contributed by atoms with Crippen molar-refractivity contribution in [2.75, 3.05) is 11.9 Å². The van der Waals surface area contributed by atoms with Gasteiger partial charge in [0.2, 0.25) is 0 Å². The van der Waals surface area contributed by atoms with Crippen molar-refractivity contribution in [2.24, 2.45) is 14.1 Å². The van der Waals surface area contributed by atoms with Crippen LogP contribution in [0.15, 0.2) is 46.1 Å². The van der Waals surface area contributed by atoms with Crippen molar-refractivity contribution in [3.63, 3.8) is 0 Å². The molecule has 6 nitrogen and oxygen atoms in total. The Labute approximate surface area is 145 Å². The van der Waals surface area contributed by atoms with Crippen LogP contribution < -0.4 is 16.6 Å². The van der Waals surface area contributed by atoms with Gasteiger partial charge in [0.25, 0.3) is 5.56 Å². The average molecular weight is 338 g/mol. The zero-order valence-corrected chi connectivity index (χ0v) is 14.7. The lowest BCUT2D eigenvalue weighted by Gasteiger charge is -2.14. The van der Waals surface area contributed by atoms with Crippen LogP contribution in [0, 0.1) is 6.92 Å². The minimum absolute atomic E-state index is 0.320. The maximum absolute atomic E-state index is 12.6. The molecule has 3 aromatic rings. The van der Waals surface area contributed by atoms with E-state index in [1.165, 1.54) is 17.2 Å². The number of nitrogens with zero attached hydrogens (tertiary/aromatic N) is 3. The van der Waals surface area contributed by atoms with E-state index in [9.17, 15) is 9.59 Å². The first-order valence-electron chi connectivity index (χ1n) is 8.34. The largest absolute Gasteiger partial charge is 0.384 e. The van der Waals surface area contributed by atoms with Gasteiger partial charge in [0.15, 0.2) is 5.65 Å². The predicted molar refractivity (Wildman–Crippen MR) is 100 cm³/mol. The van der Waals surface area contributed by atoms with Gasteiger partial charge in [-0.15, -0.1) is 0 Å². The summed E-state index contributed by atoms with van der Waals surface area (Å²) in [6.07, 6.45) is 3.60. The molecule has 0 saturated heterocycles. The maximum Gasteiger partial charge on any atom is 0.332 e. The Morgan fingerprint density at radius 2 is 1.80 bits per heavy atom. The van der Waals surface area contributed by atoms with Crippen LogP contribution in [0.4, 0.5) is 5.69 Å². The number of hydrogen-bond donors (Lipinski definition) is 1. The lowest BCUT2D eigenvalue weighted by Crippen LogP contribution is -2.37. The third kappa shape index (κ3) is 3.20. The second-order valence-corrected chi connectivity index (χ2v) is 6.24. The summed E-state index contributed by atoms with van der Waals surface area (Å²) in [5.41, 5.74) is 2.66. The summed E-state index contributed by atoms with van der Waals surface area (Å²) in [7, 11) is 3.12. The normalized spacial score (nSPS) is 11.0. The minimum Gasteiger partial charge on any atom is -0.384 e. The lowest BCUT2D eigenvalue weighted by atomic mass is 10.1. The van der Waals surface area contributed by atoms with E-state index in [0.29, 0.717) is 11.0 Å². The summed E-state index contributed by atoms with van der Waals surface area (Å²) in [5.74, 6) is 0. The third-order valence-electron chi connectivity index (χ3n) is 4.45. The van der Waals surface area contributed by atoms with Gasteiger partial charge in [-0.2, -0.15) is 0 Å². The fraction of sp³-hybridized carbons (Fsp3) is 0.316. The Balaban J connectivity index is 1.89. The fourth-order valence-electron chi connectivity index (χ4n) is 3.00. The molecule has 0 amide bonds. The van der Waals surface area contributed by atoms with E-state index in [4.69, 9.17) is 0 Å². The fourth-order valence-corrected chi connectivity index (χ4v) is 3.00. The van der Waals surface area contributed by atoms with Crippen molar-refractivity contribution in [2.45, 2.75) is 19.8 Å². The van der Waals surface area contributed by atoms with Crippen LogP contribution in [0.25, 0.3) is 11.0 Å². The Hall–Kier alpha value is -2.89. The first kappa shape index (κ1) is 17.0. The predicted octanol–water partition coefficient (Wildman–Crippen LogP) is 1.99. The number of aryl methyl sites for hydroxylation is 3. The molecule has 1 N–H and O–H groups in total. The number of fused-ring (bicyclic) bond motifs is 1. The number of hydrogen-bond acceptors (Lipinski definition) is 4. The summed E-state index contributed by atoms with van der Waals surface area (Å²) in [6, 6.07) is 10.3. The first-order chi connectivity index (χ1) is 12.0. The van der Waals surface area contributed by atoms with Crippen LogP contribution in [0.2, 0.25) is 0 Å². The van der Waals surface area contributed by atoms with E-state index >= 15 is 0 Å². The molecule has 0 bridgehead atoms. The molecule has 1 aromatic carbocycles. The van der Waals surface area contributed by atoms with Crippen molar-refractivity contribution < 1.29 is 0 Å². The van der Waals surface area contributed by atoms with Crippen LogP contribution in [0.5, 0.6) is 0 Å². The molecule has 3 rings (SSSR count). The number of anilines is 1. The zero-order chi connectivity index (χ0) is 18.0. The molecule has 25 heavy (non-hydrogen) atoms. The average Bonchev–Trinajstić information content (AvgIpc) is 2.63. The number of benzene rings is 1. The van der Waals surface area contributed by atoms with Gasteiger partial charge in [0.1, 0.15) is 5.39 Å². The number of rotatable bonds is 5. The number of nitrogens with one attached hydrogen (secondary N) is 1. The van der Waals surface area contributed by atoms with Gasteiger partial charge in [-0.3, -0.25) is 13.9 Å². The van der Waals surface area contributed by atoms with Crippen LogP contribution in [-0.2, 0) is 20.5 Å². The van der Waals surface area contributed by atoms with Gasteiger partial charge >= 0.3 is 5.69 Å². The van der Waals surface area contributed by atoms with Gasteiger partial charge in [0, 0.05) is 26.8 Å². The summed E-state index contributed by atoms with van der Waals surface area (Å²) in [4.78, 5) is 29.0. The van der Waals surface area contributed by atoms with E-state index in [0.717, 1.165) is 35.2 Å². The molecule has 0 aliphatic rings. The van der Waals surface area contributed by atoms with Gasteiger partial charge in [-0.25, -0.2) is 9.78 Å². The summed E-state index contributed by atoms with van der Waals surface area (Å²) in [5, 5.41) is 3.83. The molecule has 0 saturated carbocycles. The molecule has 0 radical (unpaired) electrons. The highest BCUT2D eigenvalue weighted by atomic mass is 16.2. The van der Waals surface area contributed by atoms with Crippen LogP contribution in [0.1, 0.15) is 17.5 Å². The van der Waals surface area contributed by atoms with Crippen molar-refractivity contribution in [3.05, 3.63) is 68.5 Å². The van der Waals surface area contributed by atoms with Gasteiger partial charge in [0.05, 0.1) is 5.69 Å². The quantitative estimate of drug-likeness (QED) is 0.722. The van der Waals surface area contributed by atoms with Gasteiger partial charge in [-0.05, 0) is 30.9 Å². The molecule has 0 aliphatic heterocycles. The molecule has 0 aliphatic carbocycles. The maximum atomic E-state index is 12.6. The van der Waals surface area contributed by atoms with Crippen LogP contribution in [-0.4, -0.2) is 20.7 Å². The van der Waals surface area contributed by atoms with Crippen LogP contribution >= 0.6 is 0 Å². The third-order valence-corrected chi connectivity index (χ3v) is 4.45. The lowest BCUT2D eigenvalue weighted by molar-refractivity contribution is 0.707. The van der Waals surface area contributed by atoms with E-state index in [1.807, 2.05) is 25.1 Å². The summed E-state index contributed by atoms with van der Waals surface area (Å²) < 4.78 is 2.53. The monoisotopic (exact) mass is 338 g/mol. The Kier molecular flexibility index (Phi) is 4.70. The van der Waals surface area contributed by atoms with Crippen LogP contribution in [0.3, 0.4) is 0 Å². The summed E-state index contributed by atoms with van der Waals surface area (Å²) >= 11 is 0. The highest BCUT2D eigenvalue weighted by Gasteiger charge is 2.15. The SMILES string of the molecule is Cc1cnc2c(c1NCCCc1ccccc1)c(=O)n(C)c(=O)n2C. The molecular formula is C19H22N4O2. The molecule has 0 atom stereocenters. The molecule has 6 heteroatoms. The Morgan fingerprint density at radius 3 is 2.52 bits per heavy atom. The number of aromatic nitrogens is 3. The summed E-state index contributed by atoms with van der Waals surface area (Å²) in [6.45, 7) is 2.65. The number of pyridine rings is 1. The van der Waals surface area contributed by atoms with E-state index < -0.39 is 0 Å². The Bertz CT molecular complexity index is 1020. The van der Waals surface area contributed by atoms with Gasteiger partial charge < -0.3 is 5.32 Å². The molecule has 0 unspecified atom stereocenters. The highest BCUT2D eigenvalue weighted by molar-refractivity contribution is 5.89. The molecule has 130 valence electrons. The minimum atomic E-state index is -0.371. The van der Waals surface area contributed by atoms with E-state index in [-0.39, 0.29) is 11.2 Å². The van der Waals surface area contributed by atoms with Crippen molar-refractivity contribution in [3.8, 4) is 0 Å². The molecule has 2 aromatic heterocycles. The smallest absolute Gasteiger partial charge is 0.332 e.